The van der Waals surface area contributed by atoms with E-state index in [4.69, 9.17) is 0 Å². The Morgan fingerprint density at radius 3 is 2.64 bits per heavy atom. The van der Waals surface area contributed by atoms with Gasteiger partial charge in [0.15, 0.2) is 0 Å². The molecule has 1 saturated heterocycles. The zero-order chi connectivity index (χ0) is 17.2. The molecular formula is C19H21N5O. The van der Waals surface area contributed by atoms with Gasteiger partial charge in [0.05, 0.1) is 24.5 Å². The van der Waals surface area contributed by atoms with Crippen molar-refractivity contribution in [3.05, 3.63) is 48.4 Å². The van der Waals surface area contributed by atoms with E-state index in [1.54, 1.807) is 12.4 Å². The Balaban J connectivity index is 1.44. The van der Waals surface area contributed by atoms with Gasteiger partial charge in [0.2, 0.25) is 11.9 Å². The molecule has 1 aromatic carbocycles. The largest absolute Gasteiger partial charge is 0.350 e. The predicted octanol–water partition coefficient (Wildman–Crippen LogP) is 2.75. The zero-order valence-corrected chi connectivity index (χ0v) is 14.3. The summed E-state index contributed by atoms with van der Waals surface area (Å²) in [6.45, 7) is 2.01. The Hall–Kier alpha value is -2.89. The van der Waals surface area contributed by atoms with Gasteiger partial charge in [0.25, 0.3) is 0 Å². The Kier molecular flexibility index (Phi) is 4.09. The Morgan fingerprint density at radius 1 is 1.16 bits per heavy atom. The molecule has 1 N–H and O–H groups in total. The number of hydrogen-bond donors (Lipinski definition) is 1. The summed E-state index contributed by atoms with van der Waals surface area (Å²) < 4.78 is 2.05. The van der Waals surface area contributed by atoms with E-state index in [0.29, 0.717) is 12.1 Å². The Labute approximate surface area is 146 Å². The average molecular weight is 335 g/mol. The van der Waals surface area contributed by atoms with Crippen molar-refractivity contribution >= 4 is 28.4 Å². The number of carbonyl (C=O) groups excluding carboxylic acids is 1. The third kappa shape index (κ3) is 3.20. The normalized spacial score (nSPS) is 14.2. The summed E-state index contributed by atoms with van der Waals surface area (Å²) in [5, 5.41) is 4.00. The van der Waals surface area contributed by atoms with Gasteiger partial charge >= 0.3 is 0 Å². The minimum Gasteiger partial charge on any atom is -0.350 e. The van der Waals surface area contributed by atoms with Crippen LogP contribution in [-0.4, -0.2) is 33.5 Å². The lowest BCUT2D eigenvalue weighted by molar-refractivity contribution is -0.115. The van der Waals surface area contributed by atoms with Crippen molar-refractivity contribution in [2.75, 3.05) is 23.3 Å². The van der Waals surface area contributed by atoms with Crippen LogP contribution in [0.1, 0.15) is 18.4 Å². The number of hydrogen-bond acceptors (Lipinski definition) is 4. The van der Waals surface area contributed by atoms with Crippen LogP contribution in [0.2, 0.25) is 0 Å². The first-order valence-electron chi connectivity index (χ1n) is 8.60. The first-order chi connectivity index (χ1) is 12.2. The molecule has 128 valence electrons. The fraction of sp³-hybridized carbons (Fsp3) is 0.316. The van der Waals surface area contributed by atoms with Crippen molar-refractivity contribution in [1.82, 2.24) is 14.5 Å². The van der Waals surface area contributed by atoms with Crippen molar-refractivity contribution in [2.24, 2.45) is 7.05 Å². The van der Waals surface area contributed by atoms with Crippen LogP contribution in [0.4, 0.5) is 11.6 Å². The minimum atomic E-state index is -0.0612. The zero-order valence-electron chi connectivity index (χ0n) is 14.3. The lowest BCUT2D eigenvalue weighted by atomic mass is 10.1. The summed E-state index contributed by atoms with van der Waals surface area (Å²) in [4.78, 5) is 23.3. The third-order valence-corrected chi connectivity index (χ3v) is 4.64. The summed E-state index contributed by atoms with van der Waals surface area (Å²) >= 11 is 0. The van der Waals surface area contributed by atoms with Crippen molar-refractivity contribution < 1.29 is 4.79 Å². The highest BCUT2D eigenvalue weighted by atomic mass is 16.1. The lowest BCUT2D eigenvalue weighted by Crippen LogP contribution is -2.21. The third-order valence-electron chi connectivity index (χ3n) is 4.64. The van der Waals surface area contributed by atoms with Crippen LogP contribution >= 0.6 is 0 Å². The number of fused-ring (bicyclic) bond motifs is 1. The lowest BCUT2D eigenvalue weighted by Gasteiger charge is -2.14. The maximum atomic E-state index is 12.4. The van der Waals surface area contributed by atoms with Gasteiger partial charge in [-0.2, -0.15) is 0 Å². The van der Waals surface area contributed by atoms with Gasteiger partial charge in [-0.3, -0.25) is 4.79 Å². The maximum Gasteiger partial charge on any atom is 0.228 e. The van der Waals surface area contributed by atoms with E-state index in [1.165, 1.54) is 12.8 Å². The van der Waals surface area contributed by atoms with E-state index in [1.807, 2.05) is 36.0 Å². The molecule has 0 saturated carbocycles. The number of amides is 1. The number of nitrogens with one attached hydrogen (secondary N) is 1. The summed E-state index contributed by atoms with van der Waals surface area (Å²) in [5.41, 5.74) is 2.78. The van der Waals surface area contributed by atoms with E-state index < -0.39 is 0 Å². The SMILES string of the molecule is Cn1cc(CC(=O)Nc2cnc(N3CCCC3)nc2)c2ccccc21. The highest BCUT2D eigenvalue weighted by Crippen LogP contribution is 2.21. The average Bonchev–Trinajstić information content (AvgIpc) is 3.25. The van der Waals surface area contributed by atoms with Gasteiger partial charge in [-0.1, -0.05) is 18.2 Å². The molecule has 3 aromatic rings. The van der Waals surface area contributed by atoms with Crippen molar-refractivity contribution in [1.29, 1.82) is 0 Å². The van der Waals surface area contributed by atoms with Crippen molar-refractivity contribution in [2.45, 2.75) is 19.3 Å². The predicted molar refractivity (Wildman–Crippen MR) is 98.7 cm³/mol. The molecule has 0 aliphatic carbocycles. The first kappa shape index (κ1) is 15.6. The van der Waals surface area contributed by atoms with Crippen LogP contribution in [0.25, 0.3) is 10.9 Å². The molecule has 0 atom stereocenters. The fourth-order valence-corrected chi connectivity index (χ4v) is 3.41. The van der Waals surface area contributed by atoms with E-state index >= 15 is 0 Å². The number of benzene rings is 1. The van der Waals surface area contributed by atoms with Gasteiger partial charge in [0.1, 0.15) is 0 Å². The van der Waals surface area contributed by atoms with Gasteiger partial charge in [0, 0.05) is 37.2 Å². The second kappa shape index (κ2) is 6.55. The number of anilines is 2. The van der Waals surface area contributed by atoms with Crippen molar-refractivity contribution in [3.63, 3.8) is 0 Å². The monoisotopic (exact) mass is 335 g/mol. The topological polar surface area (TPSA) is 63.1 Å². The summed E-state index contributed by atoms with van der Waals surface area (Å²) in [5.74, 6) is 0.679. The number of para-hydroxylation sites is 1. The van der Waals surface area contributed by atoms with Crippen LogP contribution in [-0.2, 0) is 18.3 Å². The Bertz CT molecular complexity index is 894. The molecule has 0 spiro atoms. The molecule has 0 unspecified atom stereocenters. The molecule has 0 radical (unpaired) electrons. The van der Waals surface area contributed by atoms with Crippen molar-refractivity contribution in [3.8, 4) is 0 Å². The molecule has 6 nitrogen and oxygen atoms in total. The van der Waals surface area contributed by atoms with E-state index in [9.17, 15) is 4.79 Å². The van der Waals surface area contributed by atoms with E-state index in [2.05, 4.69) is 26.3 Å². The van der Waals surface area contributed by atoms with Crippen LogP contribution in [0.5, 0.6) is 0 Å². The summed E-state index contributed by atoms with van der Waals surface area (Å²) in [6, 6.07) is 8.10. The second-order valence-electron chi connectivity index (χ2n) is 6.47. The number of carbonyl (C=O) groups is 1. The van der Waals surface area contributed by atoms with Gasteiger partial charge in [-0.05, 0) is 24.5 Å². The number of rotatable bonds is 4. The number of aromatic nitrogens is 3. The second-order valence-corrected chi connectivity index (χ2v) is 6.47. The molecular weight excluding hydrogens is 314 g/mol. The number of aryl methyl sites for hydroxylation is 1. The molecule has 0 bridgehead atoms. The first-order valence-corrected chi connectivity index (χ1v) is 8.60. The van der Waals surface area contributed by atoms with Gasteiger partial charge in [-0.25, -0.2) is 9.97 Å². The van der Waals surface area contributed by atoms with Crippen LogP contribution < -0.4 is 10.2 Å². The fourth-order valence-electron chi connectivity index (χ4n) is 3.41. The number of nitrogens with zero attached hydrogens (tertiary/aromatic N) is 4. The van der Waals surface area contributed by atoms with Gasteiger partial charge in [-0.15, -0.1) is 0 Å². The molecule has 1 fully saturated rings. The molecule has 1 aliphatic rings. The molecule has 1 aliphatic heterocycles. The minimum absolute atomic E-state index is 0.0612. The molecule has 4 rings (SSSR count). The molecule has 6 heteroatoms. The maximum absolute atomic E-state index is 12.4. The smallest absolute Gasteiger partial charge is 0.228 e. The molecule has 1 amide bonds. The molecule has 25 heavy (non-hydrogen) atoms. The van der Waals surface area contributed by atoms with E-state index in [0.717, 1.165) is 35.5 Å². The highest BCUT2D eigenvalue weighted by molar-refractivity contribution is 5.95. The summed E-state index contributed by atoms with van der Waals surface area (Å²) in [7, 11) is 1.99. The standard InChI is InChI=1S/C19H21N5O/c1-23-13-14(16-6-2-3-7-17(16)23)10-18(25)22-15-11-20-19(21-12-15)24-8-4-5-9-24/h2-3,6-7,11-13H,4-5,8-10H2,1H3,(H,22,25). The molecule has 2 aromatic heterocycles. The van der Waals surface area contributed by atoms with Crippen LogP contribution in [0.15, 0.2) is 42.9 Å². The van der Waals surface area contributed by atoms with E-state index in [-0.39, 0.29) is 5.91 Å². The Morgan fingerprint density at radius 2 is 1.88 bits per heavy atom. The van der Waals surface area contributed by atoms with Gasteiger partial charge < -0.3 is 14.8 Å². The quantitative estimate of drug-likeness (QED) is 0.796. The van der Waals surface area contributed by atoms with Crippen LogP contribution in [0.3, 0.4) is 0 Å². The highest BCUT2D eigenvalue weighted by Gasteiger charge is 2.15. The summed E-state index contributed by atoms with van der Waals surface area (Å²) in [6.07, 6.45) is 8.08. The molecule has 3 heterocycles. The van der Waals surface area contributed by atoms with Crippen LogP contribution in [0, 0.1) is 0 Å².